The number of amides is 1. The zero-order valence-electron chi connectivity index (χ0n) is 20.4. The van der Waals surface area contributed by atoms with Crippen molar-refractivity contribution >= 4 is 38.7 Å². The summed E-state index contributed by atoms with van der Waals surface area (Å²) >= 11 is 3.51. The van der Waals surface area contributed by atoms with E-state index >= 15 is 0 Å². The number of nitrogens with zero attached hydrogens (tertiary/aromatic N) is 6. The molecule has 9 nitrogen and oxygen atoms in total. The number of hydrogen-bond acceptors (Lipinski definition) is 7. The van der Waals surface area contributed by atoms with Gasteiger partial charge in [0.2, 0.25) is 0 Å². The van der Waals surface area contributed by atoms with Gasteiger partial charge in [-0.1, -0.05) is 6.07 Å². The fourth-order valence-electron chi connectivity index (χ4n) is 4.51. The highest BCUT2D eigenvalue weighted by Gasteiger charge is 2.27. The van der Waals surface area contributed by atoms with Crippen LogP contribution in [0.2, 0.25) is 0 Å². The van der Waals surface area contributed by atoms with Crippen molar-refractivity contribution in [3.05, 3.63) is 35.1 Å². The van der Waals surface area contributed by atoms with Crippen LogP contribution in [0.4, 0.5) is 10.6 Å². The summed E-state index contributed by atoms with van der Waals surface area (Å²) in [5, 5.41) is 5.95. The number of carbonyl (C=O) groups excluding carboxylic acids is 1. The zero-order valence-corrected chi connectivity index (χ0v) is 22.0. The molecule has 35 heavy (non-hydrogen) atoms. The van der Waals surface area contributed by atoms with Gasteiger partial charge in [-0.25, -0.2) is 19.4 Å². The number of rotatable bonds is 3. The Kier molecular flexibility index (Phi) is 6.67. The predicted octanol–water partition coefficient (Wildman–Crippen LogP) is 5.01. The van der Waals surface area contributed by atoms with Gasteiger partial charge in [-0.05, 0) is 74.2 Å². The van der Waals surface area contributed by atoms with Gasteiger partial charge in [0.25, 0.3) is 0 Å². The monoisotopic (exact) mass is 542 g/mol. The fourth-order valence-corrected chi connectivity index (χ4v) is 4.84. The van der Waals surface area contributed by atoms with Crippen molar-refractivity contribution < 1.29 is 14.3 Å². The van der Waals surface area contributed by atoms with Gasteiger partial charge in [-0.15, -0.1) is 0 Å². The first kappa shape index (κ1) is 24.0. The first-order valence-electron chi connectivity index (χ1n) is 12.1. The van der Waals surface area contributed by atoms with Crippen LogP contribution in [0.15, 0.2) is 35.1 Å². The van der Waals surface area contributed by atoms with Crippen LogP contribution in [0.3, 0.4) is 0 Å². The van der Waals surface area contributed by atoms with E-state index in [4.69, 9.17) is 19.6 Å². The second-order valence-electron chi connectivity index (χ2n) is 9.97. The minimum Gasteiger partial charge on any atom is -0.444 e. The molecule has 0 aromatic carbocycles. The lowest BCUT2D eigenvalue weighted by Gasteiger charge is -2.36. The molecule has 10 heteroatoms. The van der Waals surface area contributed by atoms with E-state index in [0.29, 0.717) is 26.2 Å². The molecule has 1 amide bonds. The maximum Gasteiger partial charge on any atom is 0.410 e. The van der Waals surface area contributed by atoms with Gasteiger partial charge in [0.1, 0.15) is 21.7 Å². The van der Waals surface area contributed by atoms with Crippen molar-refractivity contribution in [3.8, 4) is 11.4 Å². The Hall–Kier alpha value is -2.72. The largest absolute Gasteiger partial charge is 0.444 e. The van der Waals surface area contributed by atoms with Crippen molar-refractivity contribution in [3.63, 3.8) is 0 Å². The molecule has 1 atom stereocenters. The van der Waals surface area contributed by atoms with Crippen molar-refractivity contribution in [2.75, 3.05) is 37.7 Å². The number of anilines is 1. The Labute approximate surface area is 213 Å². The summed E-state index contributed by atoms with van der Waals surface area (Å²) in [6.45, 7) is 8.97. The van der Waals surface area contributed by atoms with Crippen LogP contribution in [0.25, 0.3) is 22.3 Å². The van der Waals surface area contributed by atoms with Crippen molar-refractivity contribution in [1.82, 2.24) is 24.6 Å². The molecule has 3 aromatic heterocycles. The van der Waals surface area contributed by atoms with Crippen LogP contribution in [-0.2, 0) is 9.47 Å². The molecule has 186 valence electrons. The average Bonchev–Trinajstić information content (AvgIpc) is 3.22. The van der Waals surface area contributed by atoms with E-state index in [1.165, 1.54) is 0 Å². The summed E-state index contributed by atoms with van der Waals surface area (Å²) < 4.78 is 14.3. The summed E-state index contributed by atoms with van der Waals surface area (Å²) in [4.78, 5) is 25.8. The highest BCUT2D eigenvalue weighted by molar-refractivity contribution is 9.10. The van der Waals surface area contributed by atoms with Crippen LogP contribution in [-0.4, -0.2) is 69.1 Å². The molecule has 5 heterocycles. The number of halogens is 1. The smallest absolute Gasteiger partial charge is 0.410 e. The van der Waals surface area contributed by atoms with Gasteiger partial charge in [0.05, 0.1) is 17.4 Å². The Morgan fingerprint density at radius 3 is 2.69 bits per heavy atom. The van der Waals surface area contributed by atoms with E-state index in [2.05, 4.69) is 25.8 Å². The third-order valence-corrected chi connectivity index (χ3v) is 6.65. The lowest BCUT2D eigenvalue weighted by molar-refractivity contribution is -0.0365. The first-order valence-corrected chi connectivity index (χ1v) is 12.9. The number of fused-ring (bicyclic) bond motifs is 1. The van der Waals surface area contributed by atoms with E-state index in [-0.39, 0.29) is 12.3 Å². The first-order chi connectivity index (χ1) is 16.8. The van der Waals surface area contributed by atoms with E-state index in [1.807, 2.05) is 55.9 Å². The molecule has 2 aliphatic heterocycles. The second-order valence-corrected chi connectivity index (χ2v) is 10.8. The van der Waals surface area contributed by atoms with Gasteiger partial charge in [0, 0.05) is 38.2 Å². The highest BCUT2D eigenvalue weighted by Crippen LogP contribution is 2.33. The Morgan fingerprint density at radius 1 is 1.17 bits per heavy atom. The number of hydrogen-bond donors (Lipinski definition) is 0. The number of carbonyl (C=O) groups is 1. The predicted molar refractivity (Wildman–Crippen MR) is 137 cm³/mol. The summed E-state index contributed by atoms with van der Waals surface area (Å²) in [5.74, 6) is 0.871. The Bertz CT molecular complexity index is 1210. The van der Waals surface area contributed by atoms with Crippen LogP contribution >= 0.6 is 15.9 Å². The quantitative estimate of drug-likeness (QED) is 0.430. The minimum atomic E-state index is -0.497. The highest BCUT2D eigenvalue weighted by atomic mass is 79.9. The molecule has 0 radical (unpaired) electrons. The summed E-state index contributed by atoms with van der Waals surface area (Å²) in [6, 6.07) is 8.00. The maximum atomic E-state index is 12.4. The summed E-state index contributed by atoms with van der Waals surface area (Å²) in [5.41, 5.74) is 2.05. The van der Waals surface area contributed by atoms with E-state index in [9.17, 15) is 4.79 Å². The normalized spacial score (nSPS) is 19.3. The number of ether oxygens (including phenoxy) is 2. The van der Waals surface area contributed by atoms with E-state index in [1.54, 1.807) is 4.90 Å². The molecule has 2 fully saturated rings. The molecular weight excluding hydrogens is 512 g/mol. The van der Waals surface area contributed by atoms with Crippen molar-refractivity contribution in [2.24, 2.45) is 0 Å². The number of piperazine rings is 1. The van der Waals surface area contributed by atoms with Gasteiger partial charge >= 0.3 is 6.09 Å². The Morgan fingerprint density at radius 2 is 1.97 bits per heavy atom. The average molecular weight is 543 g/mol. The molecule has 0 aliphatic carbocycles. The molecule has 1 unspecified atom stereocenters. The molecule has 0 saturated carbocycles. The third kappa shape index (κ3) is 5.28. The zero-order chi connectivity index (χ0) is 24.6. The Balaban J connectivity index is 1.39. The van der Waals surface area contributed by atoms with E-state index in [0.717, 1.165) is 58.6 Å². The van der Waals surface area contributed by atoms with Crippen LogP contribution in [0.1, 0.15) is 46.3 Å². The molecule has 0 N–H and O–H groups in total. The van der Waals surface area contributed by atoms with Crippen LogP contribution < -0.4 is 4.90 Å². The molecule has 0 bridgehead atoms. The molecule has 0 spiro atoms. The van der Waals surface area contributed by atoms with Crippen molar-refractivity contribution in [2.45, 2.75) is 51.9 Å². The third-order valence-electron chi connectivity index (χ3n) is 6.22. The molecule has 2 saturated heterocycles. The lowest BCUT2D eigenvalue weighted by Crippen LogP contribution is -2.50. The minimum absolute atomic E-state index is 0.0907. The van der Waals surface area contributed by atoms with E-state index < -0.39 is 5.60 Å². The summed E-state index contributed by atoms with van der Waals surface area (Å²) in [7, 11) is 0. The standard InChI is InChI=1S/C25H31BrN6O3/c1-25(2,3)35-24(33)31-12-10-30(11-13-31)21-8-6-7-18(28-21)23-17-15-20(26)27-16-19(17)32(29-23)22-9-4-5-14-34-22/h6-8,15-16,22H,4-5,9-14H2,1-3H3. The fraction of sp³-hybridized carbons (Fsp3) is 0.520. The molecule has 2 aliphatic rings. The lowest BCUT2D eigenvalue weighted by atomic mass is 10.1. The maximum absolute atomic E-state index is 12.4. The topological polar surface area (TPSA) is 85.6 Å². The van der Waals surface area contributed by atoms with Crippen LogP contribution in [0, 0.1) is 0 Å². The molecule has 3 aromatic rings. The summed E-state index contributed by atoms with van der Waals surface area (Å²) in [6.07, 6.45) is 4.62. The SMILES string of the molecule is CC(C)(C)OC(=O)N1CCN(c2cccc(-c3nn(C4CCCCO4)c4cnc(Br)cc34)n2)CC1. The number of aromatic nitrogens is 4. The molecular formula is C25H31BrN6O3. The molecule has 5 rings (SSSR count). The van der Waals surface area contributed by atoms with Crippen molar-refractivity contribution in [1.29, 1.82) is 0 Å². The van der Waals surface area contributed by atoms with Crippen LogP contribution in [0.5, 0.6) is 0 Å². The number of pyridine rings is 2. The van der Waals surface area contributed by atoms with Gasteiger partial charge < -0.3 is 19.3 Å². The van der Waals surface area contributed by atoms with Gasteiger partial charge in [-0.3, -0.25) is 0 Å². The van der Waals surface area contributed by atoms with Gasteiger partial charge in [-0.2, -0.15) is 5.10 Å². The second kappa shape index (κ2) is 9.73. The van der Waals surface area contributed by atoms with Gasteiger partial charge in [0.15, 0.2) is 6.23 Å².